The van der Waals surface area contributed by atoms with Crippen LogP contribution >= 0.6 is 0 Å². The SMILES string of the molecule is CCNC(=NCc1ccccn1)NCC1(c2ccccc2)CC1. The zero-order valence-electron chi connectivity index (χ0n) is 13.6. The van der Waals surface area contributed by atoms with E-state index in [9.17, 15) is 0 Å². The molecule has 3 rings (SSSR count). The third kappa shape index (κ3) is 4.09. The summed E-state index contributed by atoms with van der Waals surface area (Å²) in [6, 6.07) is 16.7. The molecule has 0 spiro atoms. The smallest absolute Gasteiger partial charge is 0.191 e. The average molecular weight is 308 g/mol. The Balaban J connectivity index is 1.62. The monoisotopic (exact) mass is 308 g/mol. The molecule has 1 saturated carbocycles. The first-order chi connectivity index (χ1) is 11.3. The van der Waals surface area contributed by atoms with Crippen LogP contribution < -0.4 is 10.6 Å². The lowest BCUT2D eigenvalue weighted by Crippen LogP contribution is -2.41. The molecule has 0 unspecified atom stereocenters. The van der Waals surface area contributed by atoms with Gasteiger partial charge in [-0.15, -0.1) is 0 Å². The summed E-state index contributed by atoms with van der Waals surface area (Å²) in [6.07, 6.45) is 4.28. The number of hydrogen-bond acceptors (Lipinski definition) is 2. The van der Waals surface area contributed by atoms with Gasteiger partial charge in [-0.2, -0.15) is 0 Å². The highest BCUT2D eigenvalue weighted by atomic mass is 15.2. The van der Waals surface area contributed by atoms with E-state index in [1.807, 2.05) is 18.2 Å². The van der Waals surface area contributed by atoms with E-state index in [0.717, 1.165) is 24.7 Å². The van der Waals surface area contributed by atoms with E-state index in [2.05, 4.69) is 57.9 Å². The predicted octanol–water partition coefficient (Wildman–Crippen LogP) is 2.87. The maximum absolute atomic E-state index is 4.64. The Bertz CT molecular complexity index is 633. The molecular formula is C19H24N4. The fourth-order valence-corrected chi connectivity index (χ4v) is 2.76. The average Bonchev–Trinajstić information content (AvgIpc) is 3.40. The first-order valence-electron chi connectivity index (χ1n) is 8.30. The van der Waals surface area contributed by atoms with Gasteiger partial charge in [0.25, 0.3) is 0 Å². The third-order valence-electron chi connectivity index (χ3n) is 4.30. The molecule has 2 N–H and O–H groups in total. The lowest BCUT2D eigenvalue weighted by atomic mass is 9.96. The van der Waals surface area contributed by atoms with Crippen LogP contribution in [0, 0.1) is 0 Å². The van der Waals surface area contributed by atoms with Gasteiger partial charge in [0.15, 0.2) is 5.96 Å². The number of aromatic nitrogens is 1. The molecular weight excluding hydrogens is 284 g/mol. The normalized spacial score (nSPS) is 16.0. The first kappa shape index (κ1) is 15.5. The van der Waals surface area contributed by atoms with Crippen molar-refractivity contribution in [2.24, 2.45) is 4.99 Å². The highest BCUT2D eigenvalue weighted by Gasteiger charge is 2.43. The van der Waals surface area contributed by atoms with Gasteiger partial charge >= 0.3 is 0 Å². The van der Waals surface area contributed by atoms with Crippen molar-refractivity contribution in [2.45, 2.75) is 31.7 Å². The van der Waals surface area contributed by atoms with Gasteiger partial charge in [0.05, 0.1) is 12.2 Å². The van der Waals surface area contributed by atoms with Gasteiger partial charge in [-0.05, 0) is 37.5 Å². The summed E-state index contributed by atoms with van der Waals surface area (Å²) < 4.78 is 0. The van der Waals surface area contributed by atoms with Gasteiger partial charge in [0.1, 0.15) is 0 Å². The standard InChI is InChI=1S/C19H24N4/c1-2-20-18(22-14-17-10-6-7-13-21-17)23-15-19(11-12-19)16-8-4-3-5-9-16/h3-10,13H,2,11-12,14-15H2,1H3,(H2,20,22,23). The van der Waals surface area contributed by atoms with Crippen LogP contribution in [0.3, 0.4) is 0 Å². The molecule has 0 amide bonds. The molecule has 1 heterocycles. The van der Waals surface area contributed by atoms with Crippen molar-refractivity contribution in [1.29, 1.82) is 0 Å². The van der Waals surface area contributed by atoms with E-state index < -0.39 is 0 Å². The molecule has 1 fully saturated rings. The molecule has 0 radical (unpaired) electrons. The highest BCUT2D eigenvalue weighted by Crippen LogP contribution is 2.47. The third-order valence-corrected chi connectivity index (χ3v) is 4.30. The number of nitrogens with zero attached hydrogens (tertiary/aromatic N) is 2. The van der Waals surface area contributed by atoms with Crippen LogP contribution in [0.1, 0.15) is 31.0 Å². The first-order valence-corrected chi connectivity index (χ1v) is 8.30. The molecule has 1 aromatic carbocycles. The number of guanidine groups is 1. The minimum atomic E-state index is 0.280. The van der Waals surface area contributed by atoms with Crippen molar-refractivity contribution in [3.63, 3.8) is 0 Å². The zero-order chi connectivity index (χ0) is 16.0. The van der Waals surface area contributed by atoms with Crippen molar-refractivity contribution in [3.05, 3.63) is 66.0 Å². The molecule has 120 valence electrons. The fourth-order valence-electron chi connectivity index (χ4n) is 2.76. The van der Waals surface area contributed by atoms with Crippen LogP contribution in [-0.2, 0) is 12.0 Å². The van der Waals surface area contributed by atoms with Crippen LogP contribution in [0.5, 0.6) is 0 Å². The Morgan fingerprint density at radius 1 is 1.09 bits per heavy atom. The van der Waals surface area contributed by atoms with Crippen LogP contribution in [0.2, 0.25) is 0 Å². The van der Waals surface area contributed by atoms with E-state index in [1.165, 1.54) is 18.4 Å². The maximum Gasteiger partial charge on any atom is 0.191 e. The van der Waals surface area contributed by atoms with E-state index in [4.69, 9.17) is 0 Å². The summed E-state index contributed by atoms with van der Waals surface area (Å²) in [4.78, 5) is 8.96. The van der Waals surface area contributed by atoms with Crippen molar-refractivity contribution in [3.8, 4) is 0 Å². The second kappa shape index (κ2) is 7.27. The summed E-state index contributed by atoms with van der Waals surface area (Å²) in [7, 11) is 0. The Morgan fingerprint density at radius 2 is 1.87 bits per heavy atom. The number of rotatable bonds is 6. The summed E-state index contributed by atoms with van der Waals surface area (Å²) in [6.45, 7) is 4.45. The molecule has 0 bridgehead atoms. The van der Waals surface area contributed by atoms with E-state index >= 15 is 0 Å². The van der Waals surface area contributed by atoms with Gasteiger partial charge in [0.2, 0.25) is 0 Å². The van der Waals surface area contributed by atoms with E-state index in [1.54, 1.807) is 6.20 Å². The predicted molar refractivity (Wildman–Crippen MR) is 94.4 cm³/mol. The minimum absolute atomic E-state index is 0.280. The number of aliphatic imine (C=N–C) groups is 1. The molecule has 0 aliphatic heterocycles. The van der Waals surface area contributed by atoms with Crippen molar-refractivity contribution in [2.75, 3.05) is 13.1 Å². The second-order valence-corrected chi connectivity index (χ2v) is 6.02. The number of pyridine rings is 1. The number of benzene rings is 1. The molecule has 1 aliphatic rings. The van der Waals surface area contributed by atoms with Crippen molar-refractivity contribution < 1.29 is 0 Å². The van der Waals surface area contributed by atoms with Crippen LogP contribution in [0.4, 0.5) is 0 Å². The Hall–Kier alpha value is -2.36. The molecule has 0 saturated heterocycles. The van der Waals surface area contributed by atoms with E-state index in [-0.39, 0.29) is 5.41 Å². The Kier molecular flexibility index (Phi) is 4.91. The molecule has 1 aliphatic carbocycles. The Morgan fingerprint density at radius 3 is 2.52 bits per heavy atom. The fraction of sp³-hybridized carbons (Fsp3) is 0.368. The van der Waals surface area contributed by atoms with Crippen molar-refractivity contribution >= 4 is 5.96 Å². The quantitative estimate of drug-likeness (QED) is 0.637. The van der Waals surface area contributed by atoms with Gasteiger partial charge in [-0.25, -0.2) is 4.99 Å². The van der Waals surface area contributed by atoms with Gasteiger partial charge in [-0.1, -0.05) is 36.4 Å². The number of hydrogen-bond donors (Lipinski definition) is 2. The lowest BCUT2D eigenvalue weighted by molar-refractivity contribution is 0.645. The van der Waals surface area contributed by atoms with Gasteiger partial charge in [-0.3, -0.25) is 4.98 Å². The topological polar surface area (TPSA) is 49.3 Å². The molecule has 1 aromatic heterocycles. The largest absolute Gasteiger partial charge is 0.357 e. The van der Waals surface area contributed by atoms with Crippen LogP contribution in [0.15, 0.2) is 59.7 Å². The summed E-state index contributed by atoms with van der Waals surface area (Å²) in [5.74, 6) is 0.861. The van der Waals surface area contributed by atoms with Crippen LogP contribution in [-0.4, -0.2) is 24.0 Å². The van der Waals surface area contributed by atoms with Crippen LogP contribution in [0.25, 0.3) is 0 Å². The van der Waals surface area contributed by atoms with Crippen molar-refractivity contribution in [1.82, 2.24) is 15.6 Å². The number of nitrogens with one attached hydrogen (secondary N) is 2. The van der Waals surface area contributed by atoms with E-state index in [0.29, 0.717) is 6.54 Å². The summed E-state index contributed by atoms with van der Waals surface area (Å²) in [5, 5.41) is 6.82. The molecule has 0 atom stereocenters. The maximum atomic E-state index is 4.64. The molecule has 4 nitrogen and oxygen atoms in total. The lowest BCUT2D eigenvalue weighted by Gasteiger charge is -2.19. The summed E-state index contributed by atoms with van der Waals surface area (Å²) in [5.41, 5.74) is 2.68. The highest BCUT2D eigenvalue weighted by molar-refractivity contribution is 5.79. The zero-order valence-corrected chi connectivity index (χ0v) is 13.6. The minimum Gasteiger partial charge on any atom is -0.357 e. The second-order valence-electron chi connectivity index (χ2n) is 6.02. The van der Waals surface area contributed by atoms with Gasteiger partial charge in [0, 0.05) is 24.7 Å². The molecule has 4 heteroatoms. The summed E-state index contributed by atoms with van der Waals surface area (Å²) >= 11 is 0. The molecule has 2 aromatic rings. The molecule has 23 heavy (non-hydrogen) atoms. The Labute approximate surface area is 138 Å². The van der Waals surface area contributed by atoms with Gasteiger partial charge < -0.3 is 10.6 Å².